The SMILES string of the molecule is O=C(O)CC(NC(=O)[C@@H]1CCCN1)c1ccccc1. The van der Waals surface area contributed by atoms with Crippen molar-refractivity contribution in [1.82, 2.24) is 10.6 Å². The summed E-state index contributed by atoms with van der Waals surface area (Å²) in [7, 11) is 0. The lowest BCUT2D eigenvalue weighted by Crippen LogP contribution is -2.42. The van der Waals surface area contributed by atoms with E-state index in [9.17, 15) is 9.59 Å². The van der Waals surface area contributed by atoms with Crippen LogP contribution in [0.25, 0.3) is 0 Å². The quantitative estimate of drug-likeness (QED) is 0.741. The first-order chi connectivity index (χ1) is 9.16. The molecule has 1 unspecified atom stereocenters. The van der Waals surface area contributed by atoms with Crippen LogP contribution in [0.3, 0.4) is 0 Å². The third-order valence-corrected chi connectivity index (χ3v) is 3.27. The van der Waals surface area contributed by atoms with E-state index in [1.807, 2.05) is 30.3 Å². The second kappa shape index (κ2) is 6.33. The number of hydrogen-bond donors (Lipinski definition) is 3. The number of nitrogens with one attached hydrogen (secondary N) is 2. The molecule has 0 aliphatic carbocycles. The van der Waals surface area contributed by atoms with Crippen LogP contribution < -0.4 is 10.6 Å². The van der Waals surface area contributed by atoms with E-state index in [2.05, 4.69) is 10.6 Å². The molecule has 3 N–H and O–H groups in total. The van der Waals surface area contributed by atoms with Crippen molar-refractivity contribution in [2.75, 3.05) is 6.54 Å². The Hall–Kier alpha value is -1.88. The molecule has 1 saturated heterocycles. The fourth-order valence-electron chi connectivity index (χ4n) is 2.29. The van der Waals surface area contributed by atoms with Crippen molar-refractivity contribution in [3.8, 4) is 0 Å². The molecule has 0 aromatic heterocycles. The van der Waals surface area contributed by atoms with Crippen LogP contribution in [0.2, 0.25) is 0 Å². The van der Waals surface area contributed by atoms with Crippen LogP contribution in [0.15, 0.2) is 30.3 Å². The third-order valence-electron chi connectivity index (χ3n) is 3.27. The van der Waals surface area contributed by atoms with Crippen molar-refractivity contribution in [2.24, 2.45) is 0 Å². The zero-order valence-corrected chi connectivity index (χ0v) is 10.6. The van der Waals surface area contributed by atoms with E-state index < -0.39 is 12.0 Å². The zero-order valence-electron chi connectivity index (χ0n) is 10.6. The van der Waals surface area contributed by atoms with E-state index in [-0.39, 0.29) is 18.4 Å². The fraction of sp³-hybridized carbons (Fsp3) is 0.429. The van der Waals surface area contributed by atoms with Gasteiger partial charge in [-0.3, -0.25) is 9.59 Å². The molecule has 1 aromatic carbocycles. The molecule has 1 fully saturated rings. The Bertz CT molecular complexity index is 441. The molecule has 5 nitrogen and oxygen atoms in total. The molecule has 2 atom stereocenters. The summed E-state index contributed by atoms with van der Waals surface area (Å²) in [6.07, 6.45) is 1.68. The first kappa shape index (κ1) is 13.5. The molecule has 0 radical (unpaired) electrons. The Labute approximate surface area is 112 Å². The molecule has 1 aliphatic heterocycles. The molecule has 0 bridgehead atoms. The molecule has 0 spiro atoms. The molecule has 5 heteroatoms. The number of carboxylic acids is 1. The van der Waals surface area contributed by atoms with Gasteiger partial charge in [-0.05, 0) is 24.9 Å². The number of aliphatic carboxylic acids is 1. The number of rotatable bonds is 5. The first-order valence-corrected chi connectivity index (χ1v) is 6.47. The Balaban J connectivity index is 2.05. The predicted molar refractivity (Wildman–Crippen MR) is 70.6 cm³/mol. The van der Waals surface area contributed by atoms with Crippen LogP contribution in [0, 0.1) is 0 Å². The van der Waals surface area contributed by atoms with Crippen LogP contribution in [0.4, 0.5) is 0 Å². The van der Waals surface area contributed by atoms with Crippen molar-refractivity contribution >= 4 is 11.9 Å². The second-order valence-corrected chi connectivity index (χ2v) is 4.72. The van der Waals surface area contributed by atoms with E-state index in [1.54, 1.807) is 0 Å². The highest BCUT2D eigenvalue weighted by Gasteiger charge is 2.25. The molecule has 2 rings (SSSR count). The molecular formula is C14H18N2O3. The minimum Gasteiger partial charge on any atom is -0.481 e. The van der Waals surface area contributed by atoms with Gasteiger partial charge in [-0.15, -0.1) is 0 Å². The Morgan fingerprint density at radius 1 is 1.37 bits per heavy atom. The minimum atomic E-state index is -0.923. The summed E-state index contributed by atoms with van der Waals surface area (Å²) in [5.41, 5.74) is 0.816. The summed E-state index contributed by atoms with van der Waals surface area (Å²) in [6, 6.07) is 8.52. The summed E-state index contributed by atoms with van der Waals surface area (Å²) in [4.78, 5) is 23.0. The smallest absolute Gasteiger partial charge is 0.305 e. The van der Waals surface area contributed by atoms with Gasteiger partial charge in [0.05, 0.1) is 18.5 Å². The number of carboxylic acid groups (broad SMARTS) is 1. The number of hydrogen-bond acceptors (Lipinski definition) is 3. The molecule has 1 aromatic rings. The lowest BCUT2D eigenvalue weighted by molar-refractivity contribution is -0.137. The molecule has 19 heavy (non-hydrogen) atoms. The van der Waals surface area contributed by atoms with Gasteiger partial charge in [-0.2, -0.15) is 0 Å². The van der Waals surface area contributed by atoms with Crippen molar-refractivity contribution in [2.45, 2.75) is 31.3 Å². The second-order valence-electron chi connectivity index (χ2n) is 4.72. The van der Waals surface area contributed by atoms with E-state index in [0.717, 1.165) is 24.9 Å². The fourth-order valence-corrected chi connectivity index (χ4v) is 2.29. The summed E-state index contributed by atoms with van der Waals surface area (Å²) in [6.45, 7) is 0.840. The number of benzene rings is 1. The highest BCUT2D eigenvalue weighted by Crippen LogP contribution is 2.17. The average Bonchev–Trinajstić information content (AvgIpc) is 2.92. The average molecular weight is 262 g/mol. The minimum absolute atomic E-state index is 0.109. The molecule has 0 saturated carbocycles. The molecule has 102 valence electrons. The van der Waals surface area contributed by atoms with Gasteiger partial charge < -0.3 is 15.7 Å². The van der Waals surface area contributed by atoms with Gasteiger partial charge in [0, 0.05) is 0 Å². The molecule has 1 heterocycles. The van der Waals surface area contributed by atoms with E-state index >= 15 is 0 Å². The number of carbonyl (C=O) groups is 2. The van der Waals surface area contributed by atoms with Gasteiger partial charge in [-0.1, -0.05) is 30.3 Å². The highest BCUT2D eigenvalue weighted by molar-refractivity contribution is 5.83. The van der Waals surface area contributed by atoms with E-state index in [1.165, 1.54) is 0 Å². The lowest BCUT2D eigenvalue weighted by Gasteiger charge is -2.20. The molecular weight excluding hydrogens is 244 g/mol. The summed E-state index contributed by atoms with van der Waals surface area (Å²) >= 11 is 0. The van der Waals surface area contributed by atoms with Crippen molar-refractivity contribution in [1.29, 1.82) is 0 Å². The van der Waals surface area contributed by atoms with Gasteiger partial charge in [0.1, 0.15) is 0 Å². The largest absolute Gasteiger partial charge is 0.481 e. The van der Waals surface area contributed by atoms with Crippen LogP contribution >= 0.6 is 0 Å². The lowest BCUT2D eigenvalue weighted by atomic mass is 10.0. The van der Waals surface area contributed by atoms with Crippen molar-refractivity contribution in [3.05, 3.63) is 35.9 Å². The van der Waals surface area contributed by atoms with Crippen molar-refractivity contribution < 1.29 is 14.7 Å². The topological polar surface area (TPSA) is 78.4 Å². The van der Waals surface area contributed by atoms with Gasteiger partial charge in [0.15, 0.2) is 0 Å². The maximum absolute atomic E-state index is 12.0. The van der Waals surface area contributed by atoms with Gasteiger partial charge >= 0.3 is 5.97 Å². The van der Waals surface area contributed by atoms with Crippen LogP contribution in [0.5, 0.6) is 0 Å². The number of carbonyl (C=O) groups excluding carboxylic acids is 1. The monoisotopic (exact) mass is 262 g/mol. The Morgan fingerprint density at radius 2 is 2.11 bits per heavy atom. The van der Waals surface area contributed by atoms with Crippen molar-refractivity contribution in [3.63, 3.8) is 0 Å². The Kier molecular flexibility index (Phi) is 4.52. The molecule has 1 aliphatic rings. The van der Waals surface area contributed by atoms with Gasteiger partial charge in [0.2, 0.25) is 5.91 Å². The summed E-state index contributed by atoms with van der Waals surface area (Å²) in [5.74, 6) is -1.04. The standard InChI is InChI=1S/C14H18N2O3/c17-13(18)9-12(10-5-2-1-3-6-10)16-14(19)11-7-4-8-15-11/h1-3,5-6,11-12,15H,4,7-9H2,(H,16,19)(H,17,18)/t11-,12?/m0/s1. The number of amides is 1. The van der Waals surface area contributed by atoms with Gasteiger partial charge in [-0.25, -0.2) is 0 Å². The maximum Gasteiger partial charge on any atom is 0.305 e. The summed E-state index contributed by atoms with van der Waals surface area (Å²) < 4.78 is 0. The predicted octanol–water partition coefficient (Wildman–Crippen LogP) is 1.07. The van der Waals surface area contributed by atoms with Gasteiger partial charge in [0.25, 0.3) is 0 Å². The zero-order chi connectivity index (χ0) is 13.7. The normalized spacial score (nSPS) is 19.9. The third kappa shape index (κ3) is 3.79. The van der Waals surface area contributed by atoms with Crippen LogP contribution in [0.1, 0.15) is 30.9 Å². The van der Waals surface area contributed by atoms with Crippen LogP contribution in [-0.4, -0.2) is 29.6 Å². The van der Waals surface area contributed by atoms with E-state index in [0.29, 0.717) is 0 Å². The summed E-state index contributed by atoms with van der Waals surface area (Å²) in [5, 5.41) is 14.9. The van der Waals surface area contributed by atoms with Crippen LogP contribution in [-0.2, 0) is 9.59 Å². The Morgan fingerprint density at radius 3 is 2.68 bits per heavy atom. The first-order valence-electron chi connectivity index (χ1n) is 6.47. The molecule has 1 amide bonds. The van der Waals surface area contributed by atoms with E-state index in [4.69, 9.17) is 5.11 Å². The highest BCUT2D eigenvalue weighted by atomic mass is 16.4. The maximum atomic E-state index is 12.0.